The van der Waals surface area contributed by atoms with E-state index in [1.807, 2.05) is 0 Å². The number of hydrogen-bond donors (Lipinski definition) is 0. The predicted octanol–water partition coefficient (Wildman–Crippen LogP) is 0.482. The molecule has 0 aromatic carbocycles. The summed E-state index contributed by atoms with van der Waals surface area (Å²) in [6.07, 6.45) is 3.15. The molecular weight excluding hydrogens is 154 g/mol. The smallest absolute Gasteiger partial charge is 0.0529 e. The highest BCUT2D eigenvalue weighted by Crippen LogP contribution is 1.61. The molecule has 0 saturated heterocycles. The molecule has 0 aliphatic heterocycles. The molecule has 1 aromatic rings. The zero-order valence-electron chi connectivity index (χ0n) is 4.71. The topological polar surface area (TPSA) is 38.7 Å². The standard InChI is InChI=1S/C3H3N3.4FH/c1-2-4-6-5-3-1;;;;/h1-3H;4*1H. The third-order valence-electron chi connectivity index (χ3n) is 0.409. The second kappa shape index (κ2) is 15.6. The van der Waals surface area contributed by atoms with Gasteiger partial charge in [-0.05, 0) is 11.3 Å². The molecule has 0 unspecified atom stereocenters. The fraction of sp³-hybridized carbons (Fsp3) is 0. The van der Waals surface area contributed by atoms with Crippen molar-refractivity contribution in [1.29, 1.82) is 0 Å². The van der Waals surface area contributed by atoms with Crippen LogP contribution in [0.2, 0.25) is 0 Å². The van der Waals surface area contributed by atoms with Crippen LogP contribution in [0.25, 0.3) is 0 Å². The minimum atomic E-state index is 0. The largest absolute Gasteiger partial charge is 0.269 e. The molecule has 10 heavy (non-hydrogen) atoms. The van der Waals surface area contributed by atoms with Gasteiger partial charge in [-0.1, -0.05) is 0 Å². The van der Waals surface area contributed by atoms with Gasteiger partial charge in [0.2, 0.25) is 0 Å². The predicted molar refractivity (Wildman–Crippen MR) is 29.8 cm³/mol. The molecule has 0 N–H and O–H groups in total. The quantitative estimate of drug-likeness (QED) is 0.519. The van der Waals surface area contributed by atoms with Gasteiger partial charge in [-0.25, -0.2) is 0 Å². The van der Waals surface area contributed by atoms with Crippen LogP contribution in [-0.2, 0) is 0 Å². The lowest BCUT2D eigenvalue weighted by Gasteiger charge is -1.68. The summed E-state index contributed by atoms with van der Waals surface area (Å²) < 4.78 is 0. The molecule has 1 aromatic heterocycles. The fourth-order valence-corrected chi connectivity index (χ4v) is 0.205. The highest BCUT2D eigenvalue weighted by atomic mass is 19.0. The van der Waals surface area contributed by atoms with E-state index >= 15 is 0 Å². The van der Waals surface area contributed by atoms with Crippen molar-refractivity contribution < 1.29 is 18.8 Å². The summed E-state index contributed by atoms with van der Waals surface area (Å²) in [7, 11) is 0. The zero-order valence-corrected chi connectivity index (χ0v) is 4.71. The molecular formula is C3H7F4N3. The maximum absolute atomic E-state index is 3.42. The number of nitrogens with zero attached hydrogens (tertiary/aromatic N) is 3. The summed E-state index contributed by atoms with van der Waals surface area (Å²) in [6, 6.07) is 1.72. The molecule has 0 spiro atoms. The fourth-order valence-electron chi connectivity index (χ4n) is 0.205. The first-order valence-corrected chi connectivity index (χ1v) is 1.58. The molecule has 3 nitrogen and oxygen atoms in total. The van der Waals surface area contributed by atoms with Crippen molar-refractivity contribution in [1.82, 2.24) is 15.4 Å². The van der Waals surface area contributed by atoms with Crippen molar-refractivity contribution in [2.24, 2.45) is 0 Å². The van der Waals surface area contributed by atoms with Crippen LogP contribution in [0.15, 0.2) is 18.5 Å². The van der Waals surface area contributed by atoms with E-state index < -0.39 is 0 Å². The van der Waals surface area contributed by atoms with Gasteiger partial charge in [0.15, 0.2) is 0 Å². The van der Waals surface area contributed by atoms with E-state index in [2.05, 4.69) is 15.4 Å². The van der Waals surface area contributed by atoms with Gasteiger partial charge in [0.05, 0.1) is 12.4 Å². The molecule has 1 heterocycles. The molecule has 1 rings (SSSR count). The van der Waals surface area contributed by atoms with Gasteiger partial charge < -0.3 is 0 Å². The van der Waals surface area contributed by atoms with Crippen molar-refractivity contribution in [3.8, 4) is 0 Å². The molecule has 0 aliphatic rings. The Kier molecular flexibility index (Phi) is 36.5. The highest BCUT2D eigenvalue weighted by molar-refractivity contribution is 4.69. The van der Waals surface area contributed by atoms with Crippen LogP contribution in [0.3, 0.4) is 0 Å². The number of halogens is 4. The average Bonchev–Trinajstić information content (AvgIpc) is 1.72. The molecule has 0 saturated carbocycles. The van der Waals surface area contributed by atoms with Crippen molar-refractivity contribution >= 4 is 0 Å². The lowest BCUT2D eigenvalue weighted by Crippen LogP contribution is -1.78. The maximum Gasteiger partial charge on any atom is 0.0529 e. The van der Waals surface area contributed by atoms with E-state index in [0.717, 1.165) is 0 Å². The van der Waals surface area contributed by atoms with Gasteiger partial charge in [0.1, 0.15) is 0 Å². The summed E-state index contributed by atoms with van der Waals surface area (Å²) in [5.74, 6) is 0. The van der Waals surface area contributed by atoms with Crippen molar-refractivity contribution in [2.45, 2.75) is 0 Å². The third kappa shape index (κ3) is 9.88. The maximum atomic E-state index is 3.42. The van der Waals surface area contributed by atoms with Gasteiger partial charge in [0, 0.05) is 0 Å². The molecule has 0 radical (unpaired) electrons. The molecule has 0 fully saturated rings. The monoisotopic (exact) mass is 161 g/mol. The highest BCUT2D eigenvalue weighted by Gasteiger charge is 1.60. The Morgan fingerprint density at radius 2 is 1.10 bits per heavy atom. The van der Waals surface area contributed by atoms with E-state index in [0.29, 0.717) is 0 Å². The SMILES string of the molecule is F.F.F.F.c1cnnnc1. The van der Waals surface area contributed by atoms with Gasteiger partial charge in [-0.2, -0.15) is 0 Å². The first-order valence-electron chi connectivity index (χ1n) is 1.58. The molecule has 62 valence electrons. The van der Waals surface area contributed by atoms with Crippen LogP contribution < -0.4 is 0 Å². The summed E-state index contributed by atoms with van der Waals surface area (Å²) in [4.78, 5) is 0. The van der Waals surface area contributed by atoms with E-state index in [1.165, 1.54) is 0 Å². The summed E-state index contributed by atoms with van der Waals surface area (Å²) in [5, 5.41) is 10.1. The Balaban J connectivity index is -0.0000000450. The zero-order chi connectivity index (χ0) is 4.24. The lowest BCUT2D eigenvalue weighted by molar-refractivity contribution is 0.865. The van der Waals surface area contributed by atoms with Crippen molar-refractivity contribution in [3.63, 3.8) is 0 Å². The Morgan fingerprint density at radius 3 is 1.20 bits per heavy atom. The molecule has 0 aliphatic carbocycles. The van der Waals surface area contributed by atoms with Crippen LogP contribution in [0.1, 0.15) is 0 Å². The van der Waals surface area contributed by atoms with Crippen LogP contribution in [0, 0.1) is 0 Å². The van der Waals surface area contributed by atoms with E-state index in [1.54, 1.807) is 18.5 Å². The molecule has 7 heteroatoms. The first kappa shape index (κ1) is 23.3. The minimum Gasteiger partial charge on any atom is -0.269 e. The molecule has 0 amide bonds. The Hall–Kier alpha value is -1.27. The van der Waals surface area contributed by atoms with Gasteiger partial charge >= 0.3 is 0 Å². The van der Waals surface area contributed by atoms with E-state index in [-0.39, 0.29) is 18.8 Å². The second-order valence-corrected chi connectivity index (χ2v) is 0.811. The van der Waals surface area contributed by atoms with Crippen molar-refractivity contribution in [2.75, 3.05) is 0 Å². The Labute approximate surface area is 53.9 Å². The second-order valence-electron chi connectivity index (χ2n) is 0.811. The molecule has 0 atom stereocenters. The first-order chi connectivity index (χ1) is 3.00. The van der Waals surface area contributed by atoms with Gasteiger partial charge in [-0.15, -0.1) is 10.2 Å². The number of hydrogen-bond acceptors (Lipinski definition) is 3. The van der Waals surface area contributed by atoms with Crippen LogP contribution in [-0.4, -0.2) is 15.4 Å². The van der Waals surface area contributed by atoms with Crippen molar-refractivity contribution in [3.05, 3.63) is 18.5 Å². The summed E-state index contributed by atoms with van der Waals surface area (Å²) >= 11 is 0. The van der Waals surface area contributed by atoms with Crippen LogP contribution in [0.5, 0.6) is 0 Å². The van der Waals surface area contributed by atoms with Gasteiger partial charge in [0.25, 0.3) is 0 Å². The normalized spacial score (nSPS) is 4.80. The average molecular weight is 161 g/mol. The summed E-state index contributed by atoms with van der Waals surface area (Å²) in [6.45, 7) is 0. The minimum absolute atomic E-state index is 0. The number of aromatic nitrogens is 3. The summed E-state index contributed by atoms with van der Waals surface area (Å²) in [5.41, 5.74) is 0. The van der Waals surface area contributed by atoms with E-state index in [4.69, 9.17) is 0 Å². The molecule has 0 bridgehead atoms. The van der Waals surface area contributed by atoms with E-state index in [9.17, 15) is 0 Å². The third-order valence-corrected chi connectivity index (χ3v) is 0.409. The Morgan fingerprint density at radius 1 is 0.700 bits per heavy atom. The lowest BCUT2D eigenvalue weighted by atomic mass is 10.7. The number of rotatable bonds is 0. The van der Waals surface area contributed by atoms with Crippen LogP contribution >= 0.6 is 0 Å². The van der Waals surface area contributed by atoms with Gasteiger partial charge in [-0.3, -0.25) is 18.8 Å². The Bertz CT molecular complexity index is 87.7. The van der Waals surface area contributed by atoms with Crippen LogP contribution in [0.4, 0.5) is 18.8 Å².